The Hall–Kier alpha value is -4.29. The summed E-state index contributed by atoms with van der Waals surface area (Å²) in [4.78, 5) is 65.3. The molecule has 0 saturated carbocycles. The summed E-state index contributed by atoms with van der Waals surface area (Å²) in [6.07, 6.45) is 4.68. The number of unbranched alkanes of at least 4 members (excludes halogenated alkanes) is 1. The Balaban J connectivity index is 1.36. The normalized spacial score (nSPS) is 14.9. The Kier molecular flexibility index (Phi) is 13.7. The van der Waals surface area contributed by atoms with Crippen LogP contribution in [0.2, 0.25) is 0 Å². The van der Waals surface area contributed by atoms with Gasteiger partial charge in [0, 0.05) is 65.0 Å². The number of aliphatic hydroxyl groups is 1. The van der Waals surface area contributed by atoms with Gasteiger partial charge in [0.15, 0.2) is 0 Å². The van der Waals surface area contributed by atoms with Gasteiger partial charge in [0.25, 0.3) is 11.8 Å². The number of aryl methyl sites for hydroxylation is 2. The lowest BCUT2D eigenvalue weighted by Gasteiger charge is -2.17. The van der Waals surface area contributed by atoms with Crippen molar-refractivity contribution in [1.82, 2.24) is 15.7 Å². The van der Waals surface area contributed by atoms with Crippen LogP contribution in [-0.4, -0.2) is 80.0 Å². The highest BCUT2D eigenvalue weighted by Crippen LogP contribution is 2.46. The van der Waals surface area contributed by atoms with Gasteiger partial charge in [0.05, 0.1) is 0 Å². The van der Waals surface area contributed by atoms with Crippen LogP contribution < -0.4 is 10.6 Å². The number of ether oxygens (including phenoxy) is 2. The number of benzene rings is 2. The minimum atomic E-state index is -1.12. The van der Waals surface area contributed by atoms with E-state index in [1.54, 1.807) is 7.05 Å². The summed E-state index contributed by atoms with van der Waals surface area (Å²) in [6.45, 7) is 1.83. The van der Waals surface area contributed by atoms with E-state index >= 15 is 0 Å². The number of carbonyl (C=O) groups is 5. The molecule has 1 fully saturated rings. The van der Waals surface area contributed by atoms with Crippen LogP contribution in [0.15, 0.2) is 36.4 Å². The van der Waals surface area contributed by atoms with E-state index in [-0.39, 0.29) is 43.8 Å². The standard InChI is InChI=1S/C35H45N3O9/c1-36-31(40)9-4-7-24-11-13-26-27-14-12-25(8-5-10-32(41)37-17-6-20-45-19-3-2-18-39)22-29(27)30(28(26)21-24)23-46-35(44)47-38-33(42)15-16-34(38)43/h11-14,21-22,30,39H,2-10,15-20,23H2,1H3,(H,36,40)(H,37,41). The van der Waals surface area contributed by atoms with Crippen molar-refractivity contribution in [3.8, 4) is 11.1 Å². The summed E-state index contributed by atoms with van der Waals surface area (Å²) in [5.41, 5.74) is 6.10. The van der Waals surface area contributed by atoms with Crippen LogP contribution in [-0.2, 0) is 46.3 Å². The number of hydroxylamine groups is 2. The fourth-order valence-corrected chi connectivity index (χ4v) is 5.80. The lowest BCUT2D eigenvalue weighted by molar-refractivity contribution is -0.177. The molecule has 0 bridgehead atoms. The Labute approximate surface area is 275 Å². The quantitative estimate of drug-likeness (QED) is 0.117. The third-order valence-electron chi connectivity index (χ3n) is 8.31. The van der Waals surface area contributed by atoms with E-state index in [0.717, 1.165) is 52.6 Å². The summed E-state index contributed by atoms with van der Waals surface area (Å²) in [6, 6.07) is 12.4. The highest BCUT2D eigenvalue weighted by molar-refractivity contribution is 6.01. The topological polar surface area (TPSA) is 161 Å². The third kappa shape index (κ3) is 10.4. The molecule has 2 aromatic carbocycles. The summed E-state index contributed by atoms with van der Waals surface area (Å²) in [5, 5.41) is 14.8. The smallest absolute Gasteiger partial charge is 0.432 e. The van der Waals surface area contributed by atoms with E-state index in [2.05, 4.69) is 28.8 Å². The molecule has 4 rings (SSSR count). The number of rotatable bonds is 19. The second kappa shape index (κ2) is 18.2. The van der Waals surface area contributed by atoms with Gasteiger partial charge in [-0.25, -0.2) is 4.79 Å². The molecule has 1 aliphatic heterocycles. The molecular formula is C35H45N3O9. The SMILES string of the molecule is CNC(=O)CCCc1ccc2c(c1)C(COC(=O)ON1C(=O)CCC1=O)c1cc(CCCC(=O)NCCCOCCCCO)ccc1-2. The molecule has 0 aromatic heterocycles. The van der Waals surface area contributed by atoms with Crippen LogP contribution in [0.1, 0.15) is 86.0 Å². The van der Waals surface area contributed by atoms with E-state index in [9.17, 15) is 24.0 Å². The van der Waals surface area contributed by atoms with Crippen molar-refractivity contribution in [1.29, 1.82) is 0 Å². The molecule has 2 aliphatic rings. The molecule has 1 atom stereocenters. The van der Waals surface area contributed by atoms with Crippen molar-refractivity contribution in [3.63, 3.8) is 0 Å². The molecule has 2 aromatic rings. The van der Waals surface area contributed by atoms with E-state index in [1.807, 2.05) is 18.2 Å². The second-order valence-electron chi connectivity index (χ2n) is 11.8. The average Bonchev–Trinajstić information content (AvgIpc) is 3.55. The van der Waals surface area contributed by atoms with Crippen molar-refractivity contribution in [3.05, 3.63) is 58.7 Å². The van der Waals surface area contributed by atoms with Gasteiger partial charge in [-0.15, -0.1) is 0 Å². The summed E-state index contributed by atoms with van der Waals surface area (Å²) >= 11 is 0. The summed E-state index contributed by atoms with van der Waals surface area (Å²) < 4.78 is 11.0. The van der Waals surface area contributed by atoms with Crippen LogP contribution in [0, 0.1) is 0 Å². The molecule has 47 heavy (non-hydrogen) atoms. The highest BCUT2D eigenvalue weighted by Gasteiger charge is 2.35. The van der Waals surface area contributed by atoms with Crippen molar-refractivity contribution < 1.29 is 43.4 Å². The molecule has 1 aliphatic carbocycles. The second-order valence-corrected chi connectivity index (χ2v) is 11.8. The summed E-state index contributed by atoms with van der Waals surface area (Å²) in [5.74, 6) is -1.50. The Morgan fingerprint density at radius 1 is 0.830 bits per heavy atom. The van der Waals surface area contributed by atoms with E-state index < -0.39 is 18.0 Å². The fourth-order valence-electron chi connectivity index (χ4n) is 5.80. The predicted molar refractivity (Wildman–Crippen MR) is 172 cm³/mol. The van der Waals surface area contributed by atoms with Crippen molar-refractivity contribution >= 4 is 29.8 Å². The third-order valence-corrected chi connectivity index (χ3v) is 8.31. The molecule has 0 radical (unpaired) electrons. The lowest BCUT2D eigenvalue weighted by atomic mass is 9.94. The number of imide groups is 1. The van der Waals surface area contributed by atoms with E-state index in [4.69, 9.17) is 19.4 Å². The van der Waals surface area contributed by atoms with Gasteiger partial charge in [0.2, 0.25) is 11.8 Å². The van der Waals surface area contributed by atoms with E-state index in [1.165, 1.54) is 0 Å². The van der Waals surface area contributed by atoms with Crippen molar-refractivity contribution in [2.24, 2.45) is 0 Å². The first-order valence-electron chi connectivity index (χ1n) is 16.4. The number of hydrogen-bond acceptors (Lipinski definition) is 9. The molecule has 3 N–H and O–H groups in total. The zero-order valence-electron chi connectivity index (χ0n) is 27.0. The number of carbonyl (C=O) groups excluding carboxylic acids is 5. The molecule has 4 amide bonds. The average molecular weight is 652 g/mol. The van der Waals surface area contributed by atoms with Crippen LogP contribution in [0.4, 0.5) is 4.79 Å². The molecule has 254 valence electrons. The van der Waals surface area contributed by atoms with Gasteiger partial charge in [-0.2, -0.15) is 0 Å². The Morgan fingerprint density at radius 3 is 2.02 bits per heavy atom. The van der Waals surface area contributed by atoms with Crippen molar-refractivity contribution in [2.75, 3.05) is 40.0 Å². The highest BCUT2D eigenvalue weighted by atomic mass is 16.8. The Morgan fingerprint density at radius 2 is 1.43 bits per heavy atom. The predicted octanol–water partition coefficient (Wildman–Crippen LogP) is 3.70. The van der Waals surface area contributed by atoms with Crippen LogP contribution in [0.3, 0.4) is 0 Å². The summed E-state index contributed by atoms with van der Waals surface area (Å²) in [7, 11) is 1.62. The van der Waals surface area contributed by atoms with Gasteiger partial charge < -0.3 is 25.2 Å². The van der Waals surface area contributed by atoms with Crippen LogP contribution >= 0.6 is 0 Å². The maximum Gasteiger partial charge on any atom is 0.533 e. The number of nitrogens with zero attached hydrogens (tertiary/aromatic N) is 1. The molecule has 1 heterocycles. The van der Waals surface area contributed by atoms with Gasteiger partial charge >= 0.3 is 6.16 Å². The first kappa shape index (κ1) is 35.6. The first-order valence-corrected chi connectivity index (χ1v) is 16.4. The van der Waals surface area contributed by atoms with Gasteiger partial charge in [-0.1, -0.05) is 41.5 Å². The number of amides is 4. The maximum atomic E-state index is 12.5. The number of nitrogens with one attached hydrogen (secondary N) is 2. The minimum Gasteiger partial charge on any atom is -0.432 e. The van der Waals surface area contributed by atoms with Gasteiger partial charge in [0.1, 0.15) is 6.61 Å². The largest absolute Gasteiger partial charge is 0.533 e. The van der Waals surface area contributed by atoms with Gasteiger partial charge in [-0.3, -0.25) is 24.0 Å². The van der Waals surface area contributed by atoms with Crippen molar-refractivity contribution in [2.45, 2.75) is 76.5 Å². The molecule has 0 spiro atoms. The first-order chi connectivity index (χ1) is 22.8. The van der Waals surface area contributed by atoms with Gasteiger partial charge in [-0.05, 0) is 78.3 Å². The monoisotopic (exact) mass is 651 g/mol. The number of fused-ring (bicyclic) bond motifs is 3. The molecule has 1 unspecified atom stereocenters. The molecule has 12 heteroatoms. The molecular weight excluding hydrogens is 606 g/mol. The minimum absolute atomic E-state index is 0.00960. The van der Waals surface area contributed by atoms with E-state index in [0.29, 0.717) is 63.3 Å². The molecule has 12 nitrogen and oxygen atoms in total. The Bertz CT molecular complexity index is 1410. The number of hydrogen-bond donors (Lipinski definition) is 3. The lowest BCUT2D eigenvalue weighted by Crippen LogP contribution is -2.32. The van der Waals surface area contributed by atoms with Crippen LogP contribution in [0.5, 0.6) is 0 Å². The zero-order valence-corrected chi connectivity index (χ0v) is 27.0. The maximum absolute atomic E-state index is 12.5. The molecule has 1 saturated heterocycles. The fraction of sp³-hybridized carbons (Fsp3) is 0.514. The number of aliphatic hydroxyl groups excluding tert-OH is 1. The zero-order chi connectivity index (χ0) is 33.6. The van der Waals surface area contributed by atoms with Crippen LogP contribution in [0.25, 0.3) is 11.1 Å².